The van der Waals surface area contributed by atoms with Gasteiger partial charge >= 0.3 is 6.03 Å². The largest absolute Gasteiger partial charge is 0.328 e. The van der Waals surface area contributed by atoms with Gasteiger partial charge < -0.3 is 9.64 Å². The molecule has 8 heteroatoms. The van der Waals surface area contributed by atoms with Crippen LogP contribution in [0.25, 0.3) is 6.08 Å². The fraction of sp³-hybridized carbons (Fsp3) is 0.125. The van der Waals surface area contributed by atoms with Gasteiger partial charge in [-0.1, -0.05) is 24.3 Å². The number of ether oxygens (including phenoxy) is 1. The van der Waals surface area contributed by atoms with E-state index >= 15 is 0 Å². The molecule has 24 heavy (non-hydrogen) atoms. The summed E-state index contributed by atoms with van der Waals surface area (Å²) in [6.07, 6.45) is 4.49. The smallest absolute Gasteiger partial charge is 0.324 e. The first-order valence-electron chi connectivity index (χ1n) is 7.13. The van der Waals surface area contributed by atoms with Crippen molar-refractivity contribution in [1.82, 2.24) is 15.5 Å². The lowest BCUT2D eigenvalue weighted by Gasteiger charge is -2.44. The molecule has 0 radical (unpaired) electrons. The molecular formula is C16H11N3O5. The standard InChI is InChI=1S/C16H11N3O5/c20-8-10-7-19-6-5-9-3-1-2-4-11(9)12(19)24-16(10)13(21)17-15(23)18-14(16)22/h1-8,12H,(H2,17,18,21,22,23). The van der Waals surface area contributed by atoms with Crippen LogP contribution in [0.2, 0.25) is 0 Å². The van der Waals surface area contributed by atoms with Crippen LogP contribution in [0.5, 0.6) is 0 Å². The van der Waals surface area contributed by atoms with E-state index < -0.39 is 29.7 Å². The van der Waals surface area contributed by atoms with E-state index in [1.807, 2.05) is 28.8 Å². The highest BCUT2D eigenvalue weighted by Crippen LogP contribution is 2.41. The Kier molecular flexibility index (Phi) is 2.91. The third-order valence-electron chi connectivity index (χ3n) is 4.16. The van der Waals surface area contributed by atoms with Gasteiger partial charge in [0.1, 0.15) is 0 Å². The number of hydrogen-bond acceptors (Lipinski definition) is 6. The summed E-state index contributed by atoms with van der Waals surface area (Å²) in [5.74, 6) is -1.97. The summed E-state index contributed by atoms with van der Waals surface area (Å²) in [6, 6.07) is 6.37. The van der Waals surface area contributed by atoms with Gasteiger partial charge in [0.05, 0.1) is 5.57 Å². The van der Waals surface area contributed by atoms with Crippen LogP contribution in [-0.2, 0) is 19.1 Å². The first-order valence-corrected chi connectivity index (χ1v) is 7.13. The fourth-order valence-electron chi connectivity index (χ4n) is 3.01. The maximum atomic E-state index is 12.4. The third-order valence-corrected chi connectivity index (χ3v) is 4.16. The van der Waals surface area contributed by atoms with Gasteiger partial charge in [0.15, 0.2) is 12.5 Å². The van der Waals surface area contributed by atoms with Crippen molar-refractivity contribution in [2.45, 2.75) is 11.8 Å². The van der Waals surface area contributed by atoms with Crippen LogP contribution < -0.4 is 10.6 Å². The zero-order chi connectivity index (χ0) is 16.9. The molecule has 1 aromatic rings. The lowest BCUT2D eigenvalue weighted by Crippen LogP contribution is -2.70. The Balaban J connectivity index is 1.88. The van der Waals surface area contributed by atoms with E-state index in [1.54, 1.807) is 23.2 Å². The summed E-state index contributed by atoms with van der Waals surface area (Å²) >= 11 is 0. The number of amides is 4. The topological polar surface area (TPSA) is 105 Å². The molecule has 1 aromatic carbocycles. The van der Waals surface area contributed by atoms with Crippen molar-refractivity contribution in [3.63, 3.8) is 0 Å². The predicted molar refractivity (Wildman–Crippen MR) is 79.7 cm³/mol. The van der Waals surface area contributed by atoms with Gasteiger partial charge in [-0.05, 0) is 11.6 Å². The number of aldehydes is 1. The molecule has 0 aromatic heterocycles. The maximum absolute atomic E-state index is 12.4. The van der Waals surface area contributed by atoms with Gasteiger partial charge in [-0.3, -0.25) is 25.0 Å². The van der Waals surface area contributed by atoms with E-state index in [1.165, 1.54) is 6.20 Å². The Bertz CT molecular complexity index is 837. The van der Waals surface area contributed by atoms with Crippen molar-refractivity contribution >= 4 is 30.2 Å². The van der Waals surface area contributed by atoms with Crippen molar-refractivity contribution < 1.29 is 23.9 Å². The molecule has 1 saturated heterocycles. The van der Waals surface area contributed by atoms with E-state index in [4.69, 9.17) is 4.74 Å². The second kappa shape index (κ2) is 4.87. The highest BCUT2D eigenvalue weighted by molar-refractivity contribution is 6.26. The summed E-state index contributed by atoms with van der Waals surface area (Å²) in [5.41, 5.74) is -0.789. The van der Waals surface area contributed by atoms with E-state index in [9.17, 15) is 19.2 Å². The molecule has 1 fully saturated rings. The molecule has 1 unspecified atom stereocenters. The number of fused-ring (bicyclic) bond motifs is 3. The number of nitrogens with one attached hydrogen (secondary N) is 2. The van der Waals surface area contributed by atoms with Gasteiger partial charge in [0, 0.05) is 18.0 Å². The lowest BCUT2D eigenvalue weighted by atomic mass is 9.88. The van der Waals surface area contributed by atoms with Crippen molar-refractivity contribution in [1.29, 1.82) is 0 Å². The predicted octanol–water partition coefficient (Wildman–Crippen LogP) is 0.189. The summed E-state index contributed by atoms with van der Waals surface area (Å²) in [7, 11) is 0. The normalized spacial score (nSPS) is 23.8. The SMILES string of the molecule is O=CC1=CN2C=Cc3ccccc3C2OC12C(=O)NC(=O)NC2=O. The maximum Gasteiger partial charge on any atom is 0.328 e. The van der Waals surface area contributed by atoms with Crippen LogP contribution in [0.1, 0.15) is 17.4 Å². The number of barbiturate groups is 1. The lowest BCUT2D eigenvalue weighted by molar-refractivity contribution is -0.178. The molecule has 3 aliphatic rings. The van der Waals surface area contributed by atoms with Gasteiger partial charge in [-0.15, -0.1) is 0 Å². The molecule has 3 heterocycles. The van der Waals surface area contributed by atoms with Crippen LogP contribution in [0.4, 0.5) is 4.79 Å². The number of urea groups is 1. The Morgan fingerprint density at radius 2 is 1.83 bits per heavy atom. The molecule has 0 bridgehead atoms. The number of rotatable bonds is 1. The first kappa shape index (κ1) is 14.3. The van der Waals surface area contributed by atoms with Crippen LogP contribution in [0.15, 0.2) is 42.2 Å². The summed E-state index contributed by atoms with van der Waals surface area (Å²) in [5, 5.41) is 3.97. The van der Waals surface area contributed by atoms with Crippen LogP contribution in [0, 0.1) is 0 Å². The quantitative estimate of drug-likeness (QED) is 0.564. The average Bonchev–Trinajstić information content (AvgIpc) is 2.58. The van der Waals surface area contributed by atoms with Gasteiger partial charge in [-0.25, -0.2) is 4.79 Å². The second-order valence-electron chi connectivity index (χ2n) is 5.48. The minimum atomic E-state index is -2.20. The van der Waals surface area contributed by atoms with Gasteiger partial charge in [0.25, 0.3) is 17.4 Å². The van der Waals surface area contributed by atoms with Crippen LogP contribution >= 0.6 is 0 Å². The summed E-state index contributed by atoms with van der Waals surface area (Å²) < 4.78 is 5.82. The summed E-state index contributed by atoms with van der Waals surface area (Å²) in [6.45, 7) is 0. The second-order valence-corrected chi connectivity index (χ2v) is 5.48. The average molecular weight is 325 g/mol. The highest BCUT2D eigenvalue weighted by atomic mass is 16.5. The number of carbonyl (C=O) groups excluding carboxylic acids is 4. The molecule has 120 valence electrons. The number of hydrogen-bond donors (Lipinski definition) is 2. The molecule has 4 amide bonds. The molecule has 1 atom stereocenters. The van der Waals surface area contributed by atoms with Crippen molar-refractivity contribution in [3.05, 3.63) is 53.4 Å². The van der Waals surface area contributed by atoms with Crippen molar-refractivity contribution in [2.24, 2.45) is 0 Å². The molecule has 1 spiro atoms. The van der Waals surface area contributed by atoms with E-state index in [0.717, 1.165) is 11.1 Å². The molecule has 8 nitrogen and oxygen atoms in total. The molecule has 0 aliphatic carbocycles. The van der Waals surface area contributed by atoms with Crippen LogP contribution in [-0.4, -0.2) is 34.6 Å². The molecule has 2 N–H and O–H groups in total. The molecule has 4 rings (SSSR count). The minimum Gasteiger partial charge on any atom is -0.324 e. The Morgan fingerprint density at radius 1 is 1.12 bits per heavy atom. The Hall–Kier alpha value is -3.26. The highest BCUT2D eigenvalue weighted by Gasteiger charge is 2.58. The monoisotopic (exact) mass is 325 g/mol. The zero-order valence-electron chi connectivity index (χ0n) is 12.2. The molecular weight excluding hydrogens is 314 g/mol. The van der Waals surface area contributed by atoms with Crippen molar-refractivity contribution in [3.8, 4) is 0 Å². The Morgan fingerprint density at radius 3 is 2.54 bits per heavy atom. The molecule has 3 aliphatic heterocycles. The minimum absolute atomic E-state index is 0.190. The van der Waals surface area contributed by atoms with E-state index in [2.05, 4.69) is 0 Å². The van der Waals surface area contributed by atoms with Gasteiger partial charge in [-0.2, -0.15) is 0 Å². The van der Waals surface area contributed by atoms with Crippen LogP contribution in [0.3, 0.4) is 0 Å². The number of nitrogens with zero attached hydrogens (tertiary/aromatic N) is 1. The summed E-state index contributed by atoms with van der Waals surface area (Å²) in [4.78, 5) is 49.2. The Labute approximate surface area is 135 Å². The molecule has 0 saturated carbocycles. The fourth-order valence-corrected chi connectivity index (χ4v) is 3.01. The third kappa shape index (κ3) is 1.77. The number of carbonyl (C=O) groups is 4. The first-order chi connectivity index (χ1) is 11.6. The number of benzene rings is 1. The zero-order valence-corrected chi connectivity index (χ0v) is 12.2. The van der Waals surface area contributed by atoms with Gasteiger partial charge in [0.2, 0.25) is 0 Å². The van der Waals surface area contributed by atoms with E-state index in [0.29, 0.717) is 6.29 Å². The van der Waals surface area contributed by atoms with Crippen molar-refractivity contribution in [2.75, 3.05) is 0 Å². The van der Waals surface area contributed by atoms with E-state index in [-0.39, 0.29) is 5.57 Å². The number of imide groups is 2.